The molecule has 1 atom stereocenters. The maximum atomic E-state index is 12.4. The van der Waals surface area contributed by atoms with Gasteiger partial charge in [-0.3, -0.25) is 19.7 Å². The Hall–Kier alpha value is -3.19. The third-order valence-electron chi connectivity index (χ3n) is 3.96. The topological polar surface area (TPSA) is 102 Å². The van der Waals surface area contributed by atoms with Gasteiger partial charge < -0.3 is 10.1 Å². The van der Waals surface area contributed by atoms with Gasteiger partial charge in [-0.2, -0.15) is 0 Å². The number of nitrogens with one attached hydrogen (secondary N) is 2. The minimum Gasteiger partial charge on any atom is -0.454 e. The van der Waals surface area contributed by atoms with Gasteiger partial charge >= 0.3 is 5.97 Å². The quantitative estimate of drug-likeness (QED) is 0.675. The van der Waals surface area contributed by atoms with Crippen molar-refractivity contribution in [2.24, 2.45) is 5.92 Å². The highest BCUT2D eigenvalue weighted by Gasteiger charge is 2.27. The van der Waals surface area contributed by atoms with Gasteiger partial charge in [0.15, 0.2) is 6.61 Å². The first kappa shape index (κ1) is 22.1. The number of esters is 1. The van der Waals surface area contributed by atoms with Crippen molar-refractivity contribution in [3.05, 3.63) is 70.7 Å². The van der Waals surface area contributed by atoms with Crippen molar-refractivity contribution in [1.29, 1.82) is 0 Å². The molecule has 2 N–H and O–H groups in total. The number of amides is 3. The highest BCUT2D eigenvalue weighted by atomic mass is 35.5. The van der Waals surface area contributed by atoms with E-state index in [1.807, 2.05) is 0 Å². The van der Waals surface area contributed by atoms with E-state index in [4.69, 9.17) is 16.3 Å². The first-order chi connectivity index (χ1) is 13.8. The first-order valence-corrected chi connectivity index (χ1v) is 9.28. The number of carbonyl (C=O) groups excluding carboxylic acids is 4. The molecule has 0 aliphatic rings. The second kappa shape index (κ2) is 10.4. The highest BCUT2D eigenvalue weighted by molar-refractivity contribution is 6.33. The summed E-state index contributed by atoms with van der Waals surface area (Å²) in [5, 5.41) is 4.95. The fourth-order valence-corrected chi connectivity index (χ4v) is 2.63. The van der Waals surface area contributed by atoms with Gasteiger partial charge in [0, 0.05) is 5.56 Å². The highest BCUT2D eigenvalue weighted by Crippen LogP contribution is 2.15. The van der Waals surface area contributed by atoms with Crippen molar-refractivity contribution >= 4 is 35.3 Å². The zero-order valence-electron chi connectivity index (χ0n) is 16.0. The predicted octanol–water partition coefficient (Wildman–Crippen LogP) is 2.59. The fourth-order valence-electron chi connectivity index (χ4n) is 2.41. The van der Waals surface area contributed by atoms with Crippen LogP contribution in [-0.2, 0) is 14.3 Å². The van der Waals surface area contributed by atoms with Gasteiger partial charge in [-0.15, -0.1) is 0 Å². The van der Waals surface area contributed by atoms with Crippen LogP contribution in [0.3, 0.4) is 0 Å². The van der Waals surface area contributed by atoms with Crippen LogP contribution in [0.2, 0.25) is 5.02 Å². The molecule has 152 valence electrons. The Kier molecular flexibility index (Phi) is 7.91. The third-order valence-corrected chi connectivity index (χ3v) is 4.29. The van der Waals surface area contributed by atoms with E-state index in [0.717, 1.165) is 0 Å². The lowest BCUT2D eigenvalue weighted by atomic mass is 10.0. The standard InChI is InChI=1S/C21H21ClN2O5/c1-13(2)18(24-20(27)15-10-6-7-11-16(15)22)21(28)29-12-17(25)23-19(26)14-8-4-3-5-9-14/h3-11,13,18H,12H2,1-2H3,(H,24,27)(H,23,25,26)/t18-/m0/s1. The van der Waals surface area contributed by atoms with Crippen LogP contribution in [0.25, 0.3) is 0 Å². The molecule has 0 heterocycles. The summed E-state index contributed by atoms with van der Waals surface area (Å²) in [6.45, 7) is 2.79. The van der Waals surface area contributed by atoms with Gasteiger partial charge in [-0.25, -0.2) is 4.79 Å². The number of halogens is 1. The lowest BCUT2D eigenvalue weighted by Gasteiger charge is -2.21. The maximum Gasteiger partial charge on any atom is 0.329 e. The summed E-state index contributed by atoms with van der Waals surface area (Å²) in [6.07, 6.45) is 0. The molecule has 0 aromatic heterocycles. The largest absolute Gasteiger partial charge is 0.454 e. The number of rotatable bonds is 7. The molecule has 0 fully saturated rings. The van der Waals surface area contributed by atoms with Gasteiger partial charge in [0.2, 0.25) is 0 Å². The van der Waals surface area contributed by atoms with Gasteiger partial charge in [0.25, 0.3) is 17.7 Å². The molecule has 2 rings (SSSR count). The second-order valence-electron chi connectivity index (χ2n) is 6.53. The maximum absolute atomic E-state index is 12.4. The summed E-state index contributed by atoms with van der Waals surface area (Å²) in [4.78, 5) is 48.6. The van der Waals surface area contributed by atoms with E-state index < -0.39 is 36.3 Å². The van der Waals surface area contributed by atoms with Crippen LogP contribution in [0.5, 0.6) is 0 Å². The Morgan fingerprint density at radius 2 is 1.55 bits per heavy atom. The van der Waals surface area contributed by atoms with Crippen molar-refractivity contribution in [2.45, 2.75) is 19.9 Å². The Bertz CT molecular complexity index is 899. The summed E-state index contributed by atoms with van der Waals surface area (Å²) in [6, 6.07) is 13.6. The molecule has 7 nitrogen and oxygen atoms in total. The van der Waals surface area contributed by atoms with Crippen LogP contribution in [0.1, 0.15) is 34.6 Å². The lowest BCUT2D eigenvalue weighted by molar-refractivity contribution is -0.151. The molecule has 0 bridgehead atoms. The monoisotopic (exact) mass is 416 g/mol. The van der Waals surface area contributed by atoms with Gasteiger partial charge in [0.05, 0.1) is 10.6 Å². The molecule has 0 saturated heterocycles. The average Bonchev–Trinajstić information content (AvgIpc) is 2.70. The molecule has 2 aromatic rings. The molecule has 0 spiro atoms. The van der Waals surface area contributed by atoms with Crippen molar-refractivity contribution in [3.8, 4) is 0 Å². The first-order valence-electron chi connectivity index (χ1n) is 8.91. The zero-order chi connectivity index (χ0) is 21.4. The van der Waals surface area contributed by atoms with Crippen molar-refractivity contribution in [3.63, 3.8) is 0 Å². The molecule has 8 heteroatoms. The van der Waals surface area contributed by atoms with Crippen LogP contribution < -0.4 is 10.6 Å². The predicted molar refractivity (Wildman–Crippen MR) is 107 cm³/mol. The Morgan fingerprint density at radius 3 is 2.17 bits per heavy atom. The number of hydrogen-bond acceptors (Lipinski definition) is 5. The van der Waals surface area contributed by atoms with E-state index in [1.54, 1.807) is 62.4 Å². The van der Waals surface area contributed by atoms with Crippen molar-refractivity contribution in [1.82, 2.24) is 10.6 Å². The van der Waals surface area contributed by atoms with E-state index in [2.05, 4.69) is 10.6 Å². The molecular formula is C21H21ClN2O5. The van der Waals surface area contributed by atoms with E-state index in [0.29, 0.717) is 5.56 Å². The number of hydrogen-bond donors (Lipinski definition) is 2. The summed E-state index contributed by atoms with van der Waals surface area (Å²) < 4.78 is 4.98. The van der Waals surface area contributed by atoms with Gasteiger partial charge in [0.1, 0.15) is 6.04 Å². The van der Waals surface area contributed by atoms with Crippen LogP contribution in [0.15, 0.2) is 54.6 Å². The Balaban J connectivity index is 1.92. The van der Waals surface area contributed by atoms with Crippen LogP contribution in [0.4, 0.5) is 0 Å². The van der Waals surface area contributed by atoms with Crippen LogP contribution >= 0.6 is 11.6 Å². The SMILES string of the molecule is CC(C)[C@H](NC(=O)c1ccccc1Cl)C(=O)OCC(=O)NC(=O)c1ccccc1. The number of imide groups is 1. The average molecular weight is 417 g/mol. The molecule has 0 radical (unpaired) electrons. The van der Waals surface area contributed by atoms with Crippen molar-refractivity contribution in [2.75, 3.05) is 6.61 Å². The molecule has 0 aliphatic carbocycles. The van der Waals surface area contributed by atoms with E-state index in [1.165, 1.54) is 6.07 Å². The summed E-state index contributed by atoms with van der Waals surface area (Å²) in [7, 11) is 0. The molecular weight excluding hydrogens is 396 g/mol. The number of benzene rings is 2. The Labute approximate surface area is 173 Å². The molecule has 2 aromatic carbocycles. The molecule has 3 amide bonds. The summed E-state index contributed by atoms with van der Waals surface area (Å²) >= 11 is 6.00. The Morgan fingerprint density at radius 1 is 0.931 bits per heavy atom. The number of ether oxygens (including phenoxy) is 1. The third kappa shape index (κ3) is 6.43. The normalized spacial score (nSPS) is 11.4. The minimum atomic E-state index is -0.989. The zero-order valence-corrected chi connectivity index (χ0v) is 16.7. The molecule has 0 saturated carbocycles. The lowest BCUT2D eigenvalue weighted by Crippen LogP contribution is -2.46. The fraction of sp³-hybridized carbons (Fsp3) is 0.238. The number of carbonyl (C=O) groups is 4. The molecule has 0 unspecified atom stereocenters. The summed E-state index contributed by atoms with van der Waals surface area (Å²) in [5.41, 5.74) is 0.526. The smallest absolute Gasteiger partial charge is 0.329 e. The van der Waals surface area contributed by atoms with Crippen molar-refractivity contribution < 1.29 is 23.9 Å². The molecule has 29 heavy (non-hydrogen) atoms. The second-order valence-corrected chi connectivity index (χ2v) is 6.93. The molecule has 0 aliphatic heterocycles. The van der Waals surface area contributed by atoms with Gasteiger partial charge in [-0.1, -0.05) is 55.8 Å². The van der Waals surface area contributed by atoms with Crippen LogP contribution in [-0.4, -0.2) is 36.3 Å². The minimum absolute atomic E-state index is 0.221. The van der Waals surface area contributed by atoms with Crippen LogP contribution in [0, 0.1) is 5.92 Å². The summed E-state index contributed by atoms with van der Waals surface area (Å²) in [5.74, 6) is -2.99. The van der Waals surface area contributed by atoms with E-state index in [-0.39, 0.29) is 16.5 Å². The van der Waals surface area contributed by atoms with Gasteiger partial charge in [-0.05, 0) is 30.2 Å². The van der Waals surface area contributed by atoms with E-state index >= 15 is 0 Å². The van der Waals surface area contributed by atoms with E-state index in [9.17, 15) is 19.2 Å².